The SMILES string of the molecule is CNCC(O)c1cc(C(C)C)c(OC)c(C(C)C)c1. The molecule has 0 bridgehead atoms. The number of aliphatic hydroxyl groups is 1. The third-order valence-corrected chi connectivity index (χ3v) is 3.40. The molecule has 3 heteroatoms. The second-order valence-electron chi connectivity index (χ2n) is 5.62. The van der Waals surface area contributed by atoms with E-state index in [4.69, 9.17) is 4.74 Å². The van der Waals surface area contributed by atoms with Gasteiger partial charge in [0.1, 0.15) is 5.75 Å². The number of methoxy groups -OCH3 is 1. The average Bonchev–Trinajstić information content (AvgIpc) is 2.36. The summed E-state index contributed by atoms with van der Waals surface area (Å²) < 4.78 is 5.60. The lowest BCUT2D eigenvalue weighted by Gasteiger charge is -2.22. The number of hydrogen-bond donors (Lipinski definition) is 2. The zero-order chi connectivity index (χ0) is 14.6. The number of hydrogen-bond acceptors (Lipinski definition) is 3. The molecule has 0 aliphatic heterocycles. The van der Waals surface area contributed by atoms with E-state index in [0.717, 1.165) is 11.3 Å². The van der Waals surface area contributed by atoms with Crippen molar-refractivity contribution in [2.24, 2.45) is 0 Å². The number of aliphatic hydroxyl groups excluding tert-OH is 1. The Morgan fingerprint density at radius 3 is 1.89 bits per heavy atom. The van der Waals surface area contributed by atoms with Crippen molar-refractivity contribution in [3.05, 3.63) is 28.8 Å². The molecule has 1 unspecified atom stereocenters. The first-order valence-corrected chi connectivity index (χ1v) is 6.96. The van der Waals surface area contributed by atoms with Crippen LogP contribution in [0.15, 0.2) is 12.1 Å². The lowest BCUT2D eigenvalue weighted by atomic mass is 9.90. The molecule has 108 valence electrons. The maximum absolute atomic E-state index is 10.2. The van der Waals surface area contributed by atoms with Crippen LogP contribution in [-0.4, -0.2) is 25.8 Å². The molecular formula is C16H27NO2. The van der Waals surface area contributed by atoms with E-state index in [1.807, 2.05) is 7.05 Å². The van der Waals surface area contributed by atoms with Gasteiger partial charge in [-0.05, 0) is 47.7 Å². The molecule has 1 rings (SSSR count). The fraction of sp³-hybridized carbons (Fsp3) is 0.625. The highest BCUT2D eigenvalue weighted by Gasteiger charge is 2.19. The van der Waals surface area contributed by atoms with Crippen LogP contribution in [0.2, 0.25) is 0 Å². The highest BCUT2D eigenvalue weighted by atomic mass is 16.5. The fourth-order valence-electron chi connectivity index (χ4n) is 2.30. The highest BCUT2D eigenvalue weighted by molar-refractivity contribution is 5.48. The van der Waals surface area contributed by atoms with Crippen molar-refractivity contribution in [1.29, 1.82) is 0 Å². The van der Waals surface area contributed by atoms with E-state index in [-0.39, 0.29) is 0 Å². The molecule has 0 heterocycles. The predicted octanol–water partition coefficient (Wildman–Crippen LogP) is 3.19. The summed E-state index contributed by atoms with van der Waals surface area (Å²) in [4.78, 5) is 0. The van der Waals surface area contributed by atoms with Crippen molar-refractivity contribution >= 4 is 0 Å². The second kappa shape index (κ2) is 6.92. The number of rotatable bonds is 6. The van der Waals surface area contributed by atoms with Gasteiger partial charge >= 0.3 is 0 Å². The van der Waals surface area contributed by atoms with Gasteiger partial charge in [-0.3, -0.25) is 0 Å². The van der Waals surface area contributed by atoms with Gasteiger partial charge in [-0.25, -0.2) is 0 Å². The van der Waals surface area contributed by atoms with Gasteiger partial charge in [-0.2, -0.15) is 0 Å². The molecule has 2 N–H and O–H groups in total. The maximum atomic E-state index is 10.2. The Hall–Kier alpha value is -1.06. The summed E-state index contributed by atoms with van der Waals surface area (Å²) in [6.45, 7) is 9.15. The first-order valence-electron chi connectivity index (χ1n) is 6.96. The Balaban J connectivity index is 3.36. The second-order valence-corrected chi connectivity index (χ2v) is 5.62. The monoisotopic (exact) mass is 265 g/mol. The Morgan fingerprint density at radius 1 is 1.11 bits per heavy atom. The van der Waals surface area contributed by atoms with Crippen LogP contribution in [0.25, 0.3) is 0 Å². The zero-order valence-corrected chi connectivity index (χ0v) is 12.9. The quantitative estimate of drug-likeness (QED) is 0.830. The molecule has 1 aromatic rings. The number of ether oxygens (including phenoxy) is 1. The molecule has 0 aromatic heterocycles. The van der Waals surface area contributed by atoms with Crippen LogP contribution in [0, 0.1) is 0 Å². The average molecular weight is 265 g/mol. The van der Waals surface area contributed by atoms with Crippen LogP contribution in [-0.2, 0) is 0 Å². The van der Waals surface area contributed by atoms with Crippen molar-refractivity contribution in [2.75, 3.05) is 20.7 Å². The number of nitrogens with one attached hydrogen (secondary N) is 1. The summed E-state index contributed by atoms with van der Waals surface area (Å²) in [5.41, 5.74) is 3.29. The van der Waals surface area contributed by atoms with Gasteiger partial charge in [0, 0.05) is 6.54 Å². The van der Waals surface area contributed by atoms with Crippen molar-refractivity contribution in [1.82, 2.24) is 5.32 Å². The van der Waals surface area contributed by atoms with Crippen LogP contribution in [0.4, 0.5) is 0 Å². The highest BCUT2D eigenvalue weighted by Crippen LogP contribution is 2.37. The molecule has 0 saturated heterocycles. The van der Waals surface area contributed by atoms with Crippen LogP contribution in [0.5, 0.6) is 5.75 Å². The molecule has 0 fully saturated rings. The van der Waals surface area contributed by atoms with E-state index >= 15 is 0 Å². The largest absolute Gasteiger partial charge is 0.496 e. The van der Waals surface area contributed by atoms with Crippen LogP contribution in [0.1, 0.15) is 62.3 Å². The van der Waals surface area contributed by atoms with E-state index < -0.39 is 6.10 Å². The smallest absolute Gasteiger partial charge is 0.125 e. The van der Waals surface area contributed by atoms with Gasteiger partial charge in [-0.15, -0.1) is 0 Å². The van der Waals surface area contributed by atoms with Crippen molar-refractivity contribution in [3.63, 3.8) is 0 Å². The van der Waals surface area contributed by atoms with Crippen LogP contribution >= 0.6 is 0 Å². The van der Waals surface area contributed by atoms with Gasteiger partial charge in [0.2, 0.25) is 0 Å². The van der Waals surface area contributed by atoms with E-state index in [2.05, 4.69) is 45.1 Å². The lowest BCUT2D eigenvalue weighted by molar-refractivity contribution is 0.177. The van der Waals surface area contributed by atoms with Gasteiger partial charge in [0.05, 0.1) is 13.2 Å². The minimum atomic E-state index is -0.481. The Labute approximate surface area is 117 Å². The minimum Gasteiger partial charge on any atom is -0.496 e. The molecule has 1 aromatic carbocycles. The minimum absolute atomic E-state index is 0.370. The lowest BCUT2D eigenvalue weighted by Crippen LogP contribution is -2.17. The standard InChI is InChI=1S/C16H27NO2/c1-10(2)13-7-12(15(18)9-17-5)8-14(11(3)4)16(13)19-6/h7-8,10-11,15,17-18H,9H2,1-6H3. The summed E-state index contributed by atoms with van der Waals surface area (Å²) in [5.74, 6) is 1.70. The Kier molecular flexibility index (Phi) is 5.83. The first-order chi connectivity index (χ1) is 8.92. The third-order valence-electron chi connectivity index (χ3n) is 3.40. The molecule has 3 nitrogen and oxygen atoms in total. The molecule has 0 amide bonds. The molecule has 0 radical (unpaired) electrons. The topological polar surface area (TPSA) is 41.5 Å². The number of benzene rings is 1. The summed E-state index contributed by atoms with van der Waals surface area (Å²) in [6, 6.07) is 4.13. The summed E-state index contributed by atoms with van der Waals surface area (Å²) in [5, 5.41) is 13.2. The normalized spacial score (nSPS) is 13.1. The summed E-state index contributed by atoms with van der Waals surface area (Å²) in [7, 11) is 3.57. The van der Waals surface area contributed by atoms with Gasteiger partial charge in [-0.1, -0.05) is 27.7 Å². The molecular weight excluding hydrogens is 238 g/mol. The Morgan fingerprint density at radius 2 is 1.58 bits per heavy atom. The van der Waals surface area contributed by atoms with Crippen molar-refractivity contribution < 1.29 is 9.84 Å². The Bertz CT molecular complexity index is 384. The first kappa shape index (κ1) is 16.0. The fourth-order valence-corrected chi connectivity index (χ4v) is 2.30. The maximum Gasteiger partial charge on any atom is 0.125 e. The predicted molar refractivity (Wildman–Crippen MR) is 80.1 cm³/mol. The third kappa shape index (κ3) is 3.71. The van der Waals surface area contributed by atoms with Crippen LogP contribution in [0.3, 0.4) is 0 Å². The van der Waals surface area contributed by atoms with Gasteiger partial charge in [0.15, 0.2) is 0 Å². The molecule has 0 saturated carbocycles. The number of likely N-dealkylation sites (N-methyl/N-ethyl adjacent to an activating group) is 1. The van der Waals surface area contributed by atoms with Gasteiger partial charge in [0.25, 0.3) is 0 Å². The molecule has 0 aliphatic rings. The van der Waals surface area contributed by atoms with Gasteiger partial charge < -0.3 is 15.2 Å². The van der Waals surface area contributed by atoms with Crippen molar-refractivity contribution in [3.8, 4) is 5.75 Å². The molecule has 1 atom stereocenters. The van der Waals surface area contributed by atoms with E-state index in [0.29, 0.717) is 18.4 Å². The zero-order valence-electron chi connectivity index (χ0n) is 12.9. The summed E-state index contributed by atoms with van der Waals surface area (Å²) in [6.07, 6.45) is -0.481. The van der Waals surface area contributed by atoms with E-state index in [1.165, 1.54) is 11.1 Å². The molecule has 0 aliphatic carbocycles. The molecule has 0 spiro atoms. The summed E-state index contributed by atoms with van der Waals surface area (Å²) >= 11 is 0. The van der Waals surface area contributed by atoms with E-state index in [1.54, 1.807) is 7.11 Å². The van der Waals surface area contributed by atoms with E-state index in [9.17, 15) is 5.11 Å². The van der Waals surface area contributed by atoms with Crippen molar-refractivity contribution in [2.45, 2.75) is 45.6 Å². The molecule has 19 heavy (non-hydrogen) atoms. The van der Waals surface area contributed by atoms with Crippen LogP contribution < -0.4 is 10.1 Å².